The second kappa shape index (κ2) is 4.59. The van der Waals surface area contributed by atoms with Gasteiger partial charge in [0.15, 0.2) is 5.41 Å². The molecule has 0 amide bonds. The summed E-state index contributed by atoms with van der Waals surface area (Å²) in [6.45, 7) is 0.306. The van der Waals surface area contributed by atoms with E-state index in [2.05, 4.69) is 14.3 Å². The number of nitrogens with two attached hydrogens (primary N) is 1. The molecule has 1 rings (SSSR count). The van der Waals surface area contributed by atoms with Crippen molar-refractivity contribution in [2.45, 2.75) is 12.8 Å². The first-order chi connectivity index (χ1) is 7.13. The van der Waals surface area contributed by atoms with Crippen LogP contribution in [0.15, 0.2) is 0 Å². The molecule has 1 aliphatic carbocycles. The molecule has 0 spiro atoms. The molecule has 6 nitrogen and oxygen atoms in total. The first kappa shape index (κ1) is 11.9. The van der Waals surface area contributed by atoms with Crippen LogP contribution in [0.2, 0.25) is 0 Å². The fourth-order valence-corrected chi connectivity index (χ4v) is 1.84. The Labute approximate surface area is 87.6 Å². The number of rotatable bonds is 5. The highest BCUT2D eigenvalue weighted by atomic mass is 16.6. The molecule has 86 valence electrons. The van der Waals surface area contributed by atoms with Gasteiger partial charge in [0, 0.05) is 0 Å². The summed E-state index contributed by atoms with van der Waals surface area (Å²) in [5.41, 5.74) is -1.12. The third-order valence-electron chi connectivity index (χ3n) is 2.79. The molecule has 1 fully saturated rings. The summed E-state index contributed by atoms with van der Waals surface area (Å²) in [5, 5.41) is 0. The number of hydrogen-bond acceptors (Lipinski definition) is 6. The monoisotopic (exact) mass is 217 g/mol. The van der Waals surface area contributed by atoms with E-state index in [4.69, 9.17) is 5.90 Å². The fraction of sp³-hybridized carbons (Fsp3) is 0.778. The molecule has 1 atom stereocenters. The zero-order chi connectivity index (χ0) is 11.5. The summed E-state index contributed by atoms with van der Waals surface area (Å²) in [4.78, 5) is 27.4. The molecule has 0 bridgehead atoms. The van der Waals surface area contributed by atoms with Gasteiger partial charge in [-0.05, 0) is 18.8 Å². The third kappa shape index (κ3) is 1.95. The van der Waals surface area contributed by atoms with Crippen LogP contribution in [0.4, 0.5) is 0 Å². The topological polar surface area (TPSA) is 87.9 Å². The fourth-order valence-electron chi connectivity index (χ4n) is 1.84. The zero-order valence-corrected chi connectivity index (χ0v) is 8.82. The van der Waals surface area contributed by atoms with E-state index >= 15 is 0 Å². The molecule has 0 heterocycles. The van der Waals surface area contributed by atoms with Gasteiger partial charge >= 0.3 is 11.9 Å². The van der Waals surface area contributed by atoms with Gasteiger partial charge in [-0.15, -0.1) is 0 Å². The smallest absolute Gasteiger partial charge is 0.323 e. The lowest BCUT2D eigenvalue weighted by Crippen LogP contribution is -2.30. The lowest BCUT2D eigenvalue weighted by molar-refractivity contribution is -0.162. The first-order valence-corrected chi connectivity index (χ1v) is 4.62. The Balaban J connectivity index is 2.67. The molecule has 0 radical (unpaired) electrons. The Morgan fingerprint density at radius 2 is 1.87 bits per heavy atom. The lowest BCUT2D eigenvalue weighted by Gasteiger charge is -2.11. The second-order valence-corrected chi connectivity index (χ2v) is 3.52. The molecule has 1 unspecified atom stereocenters. The van der Waals surface area contributed by atoms with Crippen molar-refractivity contribution in [1.82, 2.24) is 0 Å². The van der Waals surface area contributed by atoms with Gasteiger partial charge in [-0.2, -0.15) is 0 Å². The van der Waals surface area contributed by atoms with E-state index in [0.29, 0.717) is 19.4 Å². The minimum absolute atomic E-state index is 0.0963. The van der Waals surface area contributed by atoms with Crippen LogP contribution in [0.1, 0.15) is 12.8 Å². The van der Waals surface area contributed by atoms with Crippen LogP contribution < -0.4 is 5.90 Å². The van der Waals surface area contributed by atoms with Gasteiger partial charge in [-0.3, -0.25) is 9.59 Å². The van der Waals surface area contributed by atoms with Crippen molar-refractivity contribution in [2.75, 3.05) is 20.8 Å². The maximum Gasteiger partial charge on any atom is 0.323 e. The molecule has 0 aliphatic heterocycles. The standard InChI is InChI=1S/C9H15NO5/c1-13-7(11)9(8(12)14-2)5-6(9)3-4-15-10/h6H,3-5,10H2,1-2H3. The van der Waals surface area contributed by atoms with Crippen molar-refractivity contribution in [3.8, 4) is 0 Å². The van der Waals surface area contributed by atoms with Crippen molar-refractivity contribution in [1.29, 1.82) is 0 Å². The number of methoxy groups -OCH3 is 2. The minimum Gasteiger partial charge on any atom is -0.468 e. The molecule has 2 N–H and O–H groups in total. The normalized spacial score (nSPS) is 21.9. The number of esters is 2. The van der Waals surface area contributed by atoms with Crippen LogP contribution >= 0.6 is 0 Å². The summed E-state index contributed by atoms with van der Waals surface area (Å²) in [5.74, 6) is 3.69. The van der Waals surface area contributed by atoms with Crippen molar-refractivity contribution in [3.05, 3.63) is 0 Å². The second-order valence-electron chi connectivity index (χ2n) is 3.52. The van der Waals surface area contributed by atoms with Gasteiger partial charge in [-0.25, -0.2) is 5.90 Å². The van der Waals surface area contributed by atoms with Crippen LogP contribution in [-0.4, -0.2) is 32.8 Å². The summed E-state index contributed by atoms with van der Waals surface area (Å²) in [7, 11) is 2.50. The van der Waals surface area contributed by atoms with E-state index in [9.17, 15) is 9.59 Å². The van der Waals surface area contributed by atoms with E-state index in [1.807, 2.05) is 0 Å². The highest BCUT2D eigenvalue weighted by Gasteiger charge is 2.67. The summed E-state index contributed by atoms with van der Waals surface area (Å²) >= 11 is 0. The summed E-state index contributed by atoms with van der Waals surface area (Å²) in [6, 6.07) is 0. The Bertz CT molecular complexity index is 249. The van der Waals surface area contributed by atoms with Crippen molar-refractivity contribution in [2.24, 2.45) is 17.2 Å². The van der Waals surface area contributed by atoms with Crippen LogP contribution in [0.25, 0.3) is 0 Å². The first-order valence-electron chi connectivity index (χ1n) is 4.62. The summed E-state index contributed by atoms with van der Waals surface area (Å²) < 4.78 is 9.20. The average Bonchev–Trinajstić information content (AvgIpc) is 2.99. The van der Waals surface area contributed by atoms with Gasteiger partial charge in [-0.1, -0.05) is 0 Å². The van der Waals surface area contributed by atoms with E-state index < -0.39 is 17.4 Å². The minimum atomic E-state index is -1.12. The van der Waals surface area contributed by atoms with E-state index in [-0.39, 0.29) is 5.92 Å². The van der Waals surface area contributed by atoms with Crippen molar-refractivity contribution < 1.29 is 23.9 Å². The maximum atomic E-state index is 11.5. The van der Waals surface area contributed by atoms with E-state index in [0.717, 1.165) is 0 Å². The SMILES string of the molecule is COC(=O)C1(C(=O)OC)CC1CCON. The molecular formula is C9H15NO5. The molecule has 15 heavy (non-hydrogen) atoms. The largest absolute Gasteiger partial charge is 0.468 e. The highest BCUT2D eigenvalue weighted by molar-refractivity contribution is 6.03. The Morgan fingerprint density at radius 1 is 1.33 bits per heavy atom. The molecule has 0 saturated heterocycles. The van der Waals surface area contributed by atoms with Crippen LogP contribution in [0.3, 0.4) is 0 Å². The maximum absolute atomic E-state index is 11.5. The van der Waals surface area contributed by atoms with Crippen molar-refractivity contribution in [3.63, 3.8) is 0 Å². The van der Waals surface area contributed by atoms with Crippen molar-refractivity contribution >= 4 is 11.9 Å². The molecule has 6 heteroatoms. The van der Waals surface area contributed by atoms with E-state index in [1.54, 1.807) is 0 Å². The predicted molar refractivity (Wildman–Crippen MR) is 49.3 cm³/mol. The molecular weight excluding hydrogens is 202 g/mol. The molecule has 1 saturated carbocycles. The molecule has 0 aromatic carbocycles. The van der Waals surface area contributed by atoms with Crippen LogP contribution in [-0.2, 0) is 23.9 Å². The molecule has 0 aromatic heterocycles. The van der Waals surface area contributed by atoms with Crippen LogP contribution in [0, 0.1) is 11.3 Å². The van der Waals surface area contributed by atoms with Crippen LogP contribution in [0.5, 0.6) is 0 Å². The predicted octanol–water partition coefficient (Wildman–Crippen LogP) is -0.381. The molecule has 1 aliphatic rings. The highest BCUT2D eigenvalue weighted by Crippen LogP contribution is 2.56. The average molecular weight is 217 g/mol. The van der Waals surface area contributed by atoms with Gasteiger partial charge in [0.2, 0.25) is 0 Å². The third-order valence-corrected chi connectivity index (χ3v) is 2.79. The van der Waals surface area contributed by atoms with Gasteiger partial charge in [0.1, 0.15) is 0 Å². The van der Waals surface area contributed by atoms with E-state index in [1.165, 1.54) is 14.2 Å². The Morgan fingerprint density at radius 3 is 2.27 bits per heavy atom. The lowest BCUT2D eigenvalue weighted by atomic mass is 10.0. The summed E-state index contributed by atoms with van der Waals surface area (Å²) in [6.07, 6.45) is 0.983. The number of carbonyl (C=O) groups is 2. The number of hydrogen-bond donors (Lipinski definition) is 1. The quantitative estimate of drug-likeness (QED) is 0.383. The Hall–Kier alpha value is -1.14. The number of ether oxygens (including phenoxy) is 2. The molecule has 0 aromatic rings. The van der Waals surface area contributed by atoms with Gasteiger partial charge in [0.25, 0.3) is 0 Å². The van der Waals surface area contributed by atoms with Gasteiger partial charge in [0.05, 0.1) is 20.8 Å². The Kier molecular flexibility index (Phi) is 3.65. The van der Waals surface area contributed by atoms with Gasteiger partial charge < -0.3 is 14.3 Å². The zero-order valence-electron chi connectivity index (χ0n) is 8.82. The number of carbonyl (C=O) groups excluding carboxylic acids is 2.